The van der Waals surface area contributed by atoms with Crippen molar-refractivity contribution in [3.8, 4) is 17.2 Å². The van der Waals surface area contributed by atoms with Crippen molar-refractivity contribution >= 4 is 23.5 Å². The van der Waals surface area contributed by atoms with E-state index < -0.39 is 5.97 Å². The third kappa shape index (κ3) is 5.53. The Morgan fingerprint density at radius 1 is 1.00 bits per heavy atom. The van der Waals surface area contributed by atoms with Gasteiger partial charge in [0, 0.05) is 6.54 Å². The number of benzene rings is 2. The van der Waals surface area contributed by atoms with Crippen molar-refractivity contribution in [1.82, 2.24) is 5.32 Å². The molecule has 0 fully saturated rings. The minimum absolute atomic E-state index is 0.0284. The average Bonchev–Trinajstić information content (AvgIpc) is 2.71. The fraction of sp³-hybridized carbons (Fsp3) is 0.300. The zero-order valence-corrected chi connectivity index (χ0v) is 16.7. The highest BCUT2D eigenvalue weighted by Crippen LogP contribution is 2.38. The van der Waals surface area contributed by atoms with Crippen molar-refractivity contribution in [2.24, 2.45) is 0 Å². The van der Waals surface area contributed by atoms with Gasteiger partial charge in [-0.1, -0.05) is 23.7 Å². The molecule has 2 aromatic carbocycles. The second-order valence-corrected chi connectivity index (χ2v) is 6.09. The standard InChI is InChI=1S/C20H22ClNO6/c1-25-16-10-13(11-17(26-2)19(16)27-3)12-28-18(23)8-9-22-20(24)14-6-4-5-7-15(14)21/h4-7,10-11H,8-9,12H2,1-3H3,(H,22,24). The Morgan fingerprint density at radius 3 is 2.21 bits per heavy atom. The van der Waals surface area contributed by atoms with Crippen LogP contribution in [0.4, 0.5) is 0 Å². The lowest BCUT2D eigenvalue weighted by Gasteiger charge is -2.14. The van der Waals surface area contributed by atoms with Crippen molar-refractivity contribution in [2.45, 2.75) is 13.0 Å². The summed E-state index contributed by atoms with van der Waals surface area (Å²) in [6.45, 7) is 0.173. The van der Waals surface area contributed by atoms with E-state index in [1.54, 1.807) is 36.4 Å². The smallest absolute Gasteiger partial charge is 0.307 e. The molecule has 0 aliphatic rings. The molecule has 0 spiro atoms. The lowest BCUT2D eigenvalue weighted by molar-refractivity contribution is -0.144. The Morgan fingerprint density at radius 2 is 1.64 bits per heavy atom. The molecule has 2 rings (SSSR count). The highest BCUT2D eigenvalue weighted by molar-refractivity contribution is 6.33. The van der Waals surface area contributed by atoms with E-state index in [0.29, 0.717) is 33.4 Å². The van der Waals surface area contributed by atoms with Gasteiger partial charge in [0.25, 0.3) is 5.91 Å². The molecule has 0 aromatic heterocycles. The average molecular weight is 408 g/mol. The summed E-state index contributed by atoms with van der Waals surface area (Å²) in [6.07, 6.45) is 0.0284. The maximum atomic E-state index is 12.0. The summed E-state index contributed by atoms with van der Waals surface area (Å²) in [6, 6.07) is 10.1. The third-order valence-electron chi connectivity index (χ3n) is 3.86. The number of methoxy groups -OCH3 is 3. The molecule has 1 amide bonds. The molecule has 7 nitrogen and oxygen atoms in total. The van der Waals surface area contributed by atoms with Crippen molar-refractivity contribution in [1.29, 1.82) is 0 Å². The van der Waals surface area contributed by atoms with Crippen LogP contribution in [0.2, 0.25) is 5.02 Å². The van der Waals surface area contributed by atoms with Crippen LogP contribution >= 0.6 is 11.6 Å². The number of ether oxygens (including phenoxy) is 4. The Kier molecular flexibility index (Phi) is 7.95. The minimum atomic E-state index is -0.451. The summed E-state index contributed by atoms with van der Waals surface area (Å²) in [5, 5.41) is 2.99. The van der Waals surface area contributed by atoms with E-state index in [2.05, 4.69) is 5.32 Å². The Hall–Kier alpha value is -2.93. The van der Waals surface area contributed by atoms with Crippen LogP contribution in [0.15, 0.2) is 36.4 Å². The zero-order chi connectivity index (χ0) is 20.5. The first kappa shape index (κ1) is 21.4. The molecule has 0 atom stereocenters. The molecule has 0 heterocycles. The molecule has 1 N–H and O–H groups in total. The molecule has 8 heteroatoms. The highest BCUT2D eigenvalue weighted by atomic mass is 35.5. The van der Waals surface area contributed by atoms with E-state index >= 15 is 0 Å². The van der Waals surface area contributed by atoms with Gasteiger partial charge in [0.2, 0.25) is 5.75 Å². The van der Waals surface area contributed by atoms with Crippen molar-refractivity contribution in [3.63, 3.8) is 0 Å². The predicted octanol–water partition coefficient (Wildman–Crippen LogP) is 3.23. The molecule has 0 unspecified atom stereocenters. The van der Waals surface area contributed by atoms with Crippen LogP contribution in [-0.4, -0.2) is 39.8 Å². The van der Waals surface area contributed by atoms with Crippen LogP contribution in [0.3, 0.4) is 0 Å². The Bertz CT molecular complexity index is 814. The molecule has 0 radical (unpaired) electrons. The number of esters is 1. The predicted molar refractivity (Wildman–Crippen MR) is 104 cm³/mol. The summed E-state index contributed by atoms with van der Waals surface area (Å²) in [5.41, 5.74) is 1.04. The van der Waals surface area contributed by atoms with Gasteiger partial charge in [-0.15, -0.1) is 0 Å². The number of hydrogen-bond donors (Lipinski definition) is 1. The molecule has 0 saturated heterocycles. The van der Waals surface area contributed by atoms with Gasteiger partial charge in [-0.05, 0) is 29.8 Å². The first-order valence-corrected chi connectivity index (χ1v) is 8.85. The van der Waals surface area contributed by atoms with E-state index in [-0.39, 0.29) is 25.5 Å². The lowest BCUT2D eigenvalue weighted by Crippen LogP contribution is -2.26. The lowest BCUT2D eigenvalue weighted by atomic mass is 10.2. The molecule has 150 valence electrons. The van der Waals surface area contributed by atoms with Crippen LogP contribution < -0.4 is 19.5 Å². The van der Waals surface area contributed by atoms with Gasteiger partial charge < -0.3 is 24.3 Å². The van der Waals surface area contributed by atoms with Crippen LogP contribution in [0.25, 0.3) is 0 Å². The van der Waals surface area contributed by atoms with Gasteiger partial charge in [-0.25, -0.2) is 0 Å². The topological polar surface area (TPSA) is 83.1 Å². The van der Waals surface area contributed by atoms with Gasteiger partial charge >= 0.3 is 5.97 Å². The first-order chi connectivity index (χ1) is 13.5. The van der Waals surface area contributed by atoms with Crippen LogP contribution in [0, 0.1) is 0 Å². The second kappa shape index (κ2) is 10.4. The fourth-order valence-electron chi connectivity index (χ4n) is 2.47. The summed E-state index contributed by atoms with van der Waals surface area (Å²) >= 11 is 5.97. The van der Waals surface area contributed by atoms with Crippen LogP contribution in [0.1, 0.15) is 22.3 Å². The van der Waals surface area contributed by atoms with E-state index in [1.165, 1.54) is 21.3 Å². The van der Waals surface area contributed by atoms with Gasteiger partial charge in [0.15, 0.2) is 11.5 Å². The minimum Gasteiger partial charge on any atom is -0.493 e. The van der Waals surface area contributed by atoms with Gasteiger partial charge in [-0.2, -0.15) is 0 Å². The summed E-state index contributed by atoms with van der Waals surface area (Å²) in [4.78, 5) is 24.0. The largest absolute Gasteiger partial charge is 0.493 e. The molecule has 0 aliphatic carbocycles. The summed E-state index contributed by atoms with van der Waals surface area (Å²) in [7, 11) is 4.53. The molecular weight excluding hydrogens is 386 g/mol. The van der Waals surface area contributed by atoms with Gasteiger partial charge in [-0.3, -0.25) is 9.59 Å². The van der Waals surface area contributed by atoms with Gasteiger partial charge in [0.05, 0.1) is 38.3 Å². The monoisotopic (exact) mass is 407 g/mol. The number of nitrogens with one attached hydrogen (secondary N) is 1. The summed E-state index contributed by atoms with van der Waals surface area (Å²) in [5.74, 6) is 0.610. The molecule has 28 heavy (non-hydrogen) atoms. The molecule has 2 aromatic rings. The number of carbonyl (C=O) groups is 2. The van der Waals surface area contributed by atoms with Crippen LogP contribution in [0.5, 0.6) is 17.2 Å². The second-order valence-electron chi connectivity index (χ2n) is 5.68. The van der Waals surface area contributed by atoms with E-state index in [9.17, 15) is 9.59 Å². The van der Waals surface area contributed by atoms with Crippen LogP contribution in [-0.2, 0) is 16.1 Å². The fourth-order valence-corrected chi connectivity index (χ4v) is 2.69. The number of amides is 1. The maximum Gasteiger partial charge on any atom is 0.307 e. The number of halogens is 1. The third-order valence-corrected chi connectivity index (χ3v) is 4.19. The van der Waals surface area contributed by atoms with Crippen molar-refractivity contribution in [3.05, 3.63) is 52.5 Å². The highest BCUT2D eigenvalue weighted by Gasteiger charge is 2.14. The number of hydrogen-bond acceptors (Lipinski definition) is 6. The molecule has 0 saturated carbocycles. The van der Waals surface area contributed by atoms with E-state index in [1.807, 2.05) is 0 Å². The Labute approximate surface area is 168 Å². The molecular formula is C20H22ClNO6. The maximum absolute atomic E-state index is 12.0. The summed E-state index contributed by atoms with van der Waals surface area (Å²) < 4.78 is 21.0. The Balaban J connectivity index is 1.86. The number of rotatable bonds is 9. The SMILES string of the molecule is COc1cc(COC(=O)CCNC(=O)c2ccccc2Cl)cc(OC)c1OC. The molecule has 0 aliphatic heterocycles. The first-order valence-electron chi connectivity index (χ1n) is 8.47. The van der Waals surface area contributed by atoms with Crippen molar-refractivity contribution in [2.75, 3.05) is 27.9 Å². The normalized spacial score (nSPS) is 10.1. The zero-order valence-electron chi connectivity index (χ0n) is 15.9. The van der Waals surface area contributed by atoms with E-state index in [0.717, 1.165) is 0 Å². The van der Waals surface area contributed by atoms with Gasteiger partial charge in [0.1, 0.15) is 6.61 Å². The van der Waals surface area contributed by atoms with E-state index in [4.69, 9.17) is 30.5 Å². The van der Waals surface area contributed by atoms with Crippen molar-refractivity contribution < 1.29 is 28.5 Å². The molecule has 0 bridgehead atoms. The quantitative estimate of drug-likeness (QED) is 0.642. The number of carbonyl (C=O) groups excluding carboxylic acids is 2.